The lowest BCUT2D eigenvalue weighted by molar-refractivity contribution is 0.846. The Morgan fingerprint density at radius 1 is 1.33 bits per heavy atom. The summed E-state index contributed by atoms with van der Waals surface area (Å²) in [5.74, 6) is 2.40. The number of hydrogen-bond acceptors (Lipinski definition) is 3. The summed E-state index contributed by atoms with van der Waals surface area (Å²) in [4.78, 5) is 0. The molecular weight excluding hydrogens is 114 g/mol. The van der Waals surface area contributed by atoms with Gasteiger partial charge in [-0.05, 0) is 0 Å². The molecule has 0 aliphatic carbocycles. The maximum absolute atomic E-state index is 3.23. The predicted octanol–water partition coefficient (Wildman–Crippen LogP) is 0.928. The smallest absolute Gasteiger partial charge is 0.0523 e. The van der Waals surface area contributed by atoms with Crippen LogP contribution >= 0.6 is 21.6 Å². The lowest BCUT2D eigenvalue weighted by Gasteiger charge is -2.07. The third kappa shape index (κ3) is 1.41. The van der Waals surface area contributed by atoms with E-state index in [4.69, 9.17) is 0 Å². The van der Waals surface area contributed by atoms with Crippen LogP contribution in [0.25, 0.3) is 0 Å². The first kappa shape index (κ1) is 4.81. The van der Waals surface area contributed by atoms with E-state index in [1.807, 2.05) is 21.6 Å². The second-order valence-corrected chi connectivity index (χ2v) is 3.67. The molecule has 1 saturated heterocycles. The summed E-state index contributed by atoms with van der Waals surface area (Å²) in [6.07, 6.45) is 0. The van der Waals surface area contributed by atoms with Gasteiger partial charge in [0, 0.05) is 12.3 Å². The zero-order valence-electron chi connectivity index (χ0n) is 3.44. The number of hydrogen-bond donors (Lipinski definition) is 1. The Hall–Kier alpha value is 0.660. The first-order valence-corrected chi connectivity index (χ1v) is 4.44. The van der Waals surface area contributed by atoms with Crippen molar-refractivity contribution >= 4 is 21.6 Å². The minimum Gasteiger partial charge on any atom is -0.306 e. The van der Waals surface area contributed by atoms with Crippen molar-refractivity contribution in [1.82, 2.24) is 5.32 Å². The van der Waals surface area contributed by atoms with Gasteiger partial charge in [-0.1, -0.05) is 21.6 Å². The third-order valence-electron chi connectivity index (χ3n) is 0.606. The lowest BCUT2D eigenvalue weighted by Crippen LogP contribution is -2.18. The molecule has 0 amide bonds. The molecule has 0 saturated carbocycles. The van der Waals surface area contributed by atoms with Gasteiger partial charge in [0.1, 0.15) is 0 Å². The largest absolute Gasteiger partial charge is 0.306 e. The Bertz CT molecular complexity index is 24.3. The SMILES string of the molecule is C1CSSCN1. The van der Waals surface area contributed by atoms with Crippen molar-refractivity contribution < 1.29 is 0 Å². The Labute approximate surface area is 45.7 Å². The minimum absolute atomic E-state index is 1.13. The van der Waals surface area contributed by atoms with Gasteiger partial charge in [0.2, 0.25) is 0 Å². The molecule has 1 fully saturated rings. The summed E-state index contributed by atoms with van der Waals surface area (Å²) in [6, 6.07) is 0. The molecule has 0 aromatic rings. The van der Waals surface area contributed by atoms with E-state index in [1.54, 1.807) is 0 Å². The second-order valence-electron chi connectivity index (χ2n) is 1.08. The molecule has 1 nitrogen and oxygen atoms in total. The fourth-order valence-electron chi connectivity index (χ4n) is 0.328. The summed E-state index contributed by atoms with van der Waals surface area (Å²) < 4.78 is 0. The molecule has 0 unspecified atom stereocenters. The van der Waals surface area contributed by atoms with Gasteiger partial charge in [-0.3, -0.25) is 0 Å². The monoisotopic (exact) mass is 121 g/mol. The first-order chi connectivity index (χ1) is 3.00. The number of nitrogens with one attached hydrogen (secondary N) is 1. The zero-order valence-corrected chi connectivity index (χ0v) is 5.07. The maximum Gasteiger partial charge on any atom is 0.0523 e. The lowest BCUT2D eigenvalue weighted by atomic mass is 10.8. The molecule has 1 aliphatic heterocycles. The van der Waals surface area contributed by atoms with Crippen LogP contribution in [0.3, 0.4) is 0 Å². The molecule has 1 aliphatic rings. The topological polar surface area (TPSA) is 12.0 Å². The van der Waals surface area contributed by atoms with E-state index in [0.717, 1.165) is 5.88 Å². The molecule has 1 heterocycles. The van der Waals surface area contributed by atoms with E-state index >= 15 is 0 Å². The molecule has 36 valence electrons. The highest BCUT2D eigenvalue weighted by Gasteiger charge is 1.94. The van der Waals surface area contributed by atoms with E-state index < -0.39 is 0 Å². The van der Waals surface area contributed by atoms with Gasteiger partial charge in [-0.2, -0.15) is 0 Å². The summed E-state index contributed by atoms with van der Waals surface area (Å²) in [7, 11) is 3.85. The normalized spacial score (nSPS) is 24.0. The third-order valence-corrected chi connectivity index (χ3v) is 2.82. The summed E-state index contributed by atoms with van der Waals surface area (Å²) in [5.41, 5.74) is 0. The predicted molar refractivity (Wildman–Crippen MR) is 32.9 cm³/mol. The highest BCUT2D eigenvalue weighted by atomic mass is 33.1. The van der Waals surface area contributed by atoms with Crippen molar-refractivity contribution in [2.45, 2.75) is 0 Å². The molecule has 0 spiro atoms. The van der Waals surface area contributed by atoms with Crippen molar-refractivity contribution in [3.8, 4) is 0 Å². The van der Waals surface area contributed by atoms with Gasteiger partial charge in [0.05, 0.1) is 5.88 Å². The zero-order chi connectivity index (χ0) is 4.24. The van der Waals surface area contributed by atoms with Crippen LogP contribution in [0.1, 0.15) is 0 Å². The Balaban J connectivity index is 2.00. The average Bonchev–Trinajstić information content (AvgIpc) is 1.72. The molecule has 0 atom stereocenters. The van der Waals surface area contributed by atoms with Crippen LogP contribution < -0.4 is 5.32 Å². The van der Waals surface area contributed by atoms with Crippen LogP contribution in [0, 0.1) is 0 Å². The van der Waals surface area contributed by atoms with Crippen molar-refractivity contribution in [3.05, 3.63) is 0 Å². The van der Waals surface area contributed by atoms with E-state index in [2.05, 4.69) is 5.32 Å². The Morgan fingerprint density at radius 2 is 2.33 bits per heavy atom. The standard InChI is InChI=1S/C3H7NS2/c1-2-5-6-3-4-1/h4H,1-3H2. The maximum atomic E-state index is 3.23. The average molecular weight is 121 g/mol. The molecule has 3 heteroatoms. The van der Waals surface area contributed by atoms with Crippen molar-refractivity contribution in [1.29, 1.82) is 0 Å². The van der Waals surface area contributed by atoms with Crippen molar-refractivity contribution in [2.24, 2.45) is 0 Å². The van der Waals surface area contributed by atoms with Gasteiger partial charge in [0.25, 0.3) is 0 Å². The van der Waals surface area contributed by atoms with Crippen LogP contribution in [0.4, 0.5) is 0 Å². The van der Waals surface area contributed by atoms with Gasteiger partial charge in [-0.25, -0.2) is 0 Å². The van der Waals surface area contributed by atoms with Gasteiger partial charge >= 0.3 is 0 Å². The Kier molecular flexibility index (Phi) is 2.22. The van der Waals surface area contributed by atoms with E-state index in [0.29, 0.717) is 0 Å². The second kappa shape index (κ2) is 2.77. The molecule has 0 bridgehead atoms. The molecule has 0 aromatic carbocycles. The van der Waals surface area contributed by atoms with Crippen LogP contribution in [-0.4, -0.2) is 18.2 Å². The minimum atomic E-state index is 1.13. The van der Waals surface area contributed by atoms with Crippen LogP contribution in [-0.2, 0) is 0 Å². The molecular formula is C3H7NS2. The fraction of sp³-hybridized carbons (Fsp3) is 1.00. The molecule has 0 radical (unpaired) electrons. The van der Waals surface area contributed by atoms with Crippen molar-refractivity contribution in [3.63, 3.8) is 0 Å². The highest BCUT2D eigenvalue weighted by molar-refractivity contribution is 8.76. The van der Waals surface area contributed by atoms with Gasteiger partial charge in [-0.15, -0.1) is 0 Å². The van der Waals surface area contributed by atoms with Gasteiger partial charge < -0.3 is 5.32 Å². The summed E-state index contributed by atoms with van der Waals surface area (Å²) >= 11 is 0. The molecule has 1 N–H and O–H groups in total. The summed E-state index contributed by atoms with van der Waals surface area (Å²) in [5, 5.41) is 3.23. The van der Waals surface area contributed by atoms with E-state index in [9.17, 15) is 0 Å². The van der Waals surface area contributed by atoms with Crippen LogP contribution in [0.15, 0.2) is 0 Å². The quantitative estimate of drug-likeness (QED) is 0.479. The van der Waals surface area contributed by atoms with Crippen LogP contribution in [0.5, 0.6) is 0 Å². The van der Waals surface area contributed by atoms with Crippen molar-refractivity contribution in [2.75, 3.05) is 18.2 Å². The van der Waals surface area contributed by atoms with Gasteiger partial charge in [0.15, 0.2) is 0 Å². The highest BCUT2D eigenvalue weighted by Crippen LogP contribution is 2.21. The Morgan fingerprint density at radius 3 is 2.50 bits per heavy atom. The van der Waals surface area contributed by atoms with Crippen LogP contribution in [0.2, 0.25) is 0 Å². The fourth-order valence-corrected chi connectivity index (χ4v) is 2.09. The van der Waals surface area contributed by atoms with E-state index in [-0.39, 0.29) is 0 Å². The van der Waals surface area contributed by atoms with E-state index in [1.165, 1.54) is 12.3 Å². The summed E-state index contributed by atoms with van der Waals surface area (Å²) in [6.45, 7) is 1.19. The number of rotatable bonds is 0. The molecule has 6 heavy (non-hydrogen) atoms. The first-order valence-electron chi connectivity index (χ1n) is 1.95. The molecule has 1 rings (SSSR count). The molecule has 0 aromatic heterocycles.